The maximum Gasteiger partial charge on any atom is 0.260 e. The number of halogens is 1. The van der Waals surface area contributed by atoms with Gasteiger partial charge in [0.2, 0.25) is 0 Å². The molecule has 1 rings (SSSR count). The molecule has 0 aliphatic carbocycles. The lowest BCUT2D eigenvalue weighted by Crippen LogP contribution is -2.42. The normalized spacial score (nSPS) is 11.2. The number of nitrogens with two attached hydrogens (primary N) is 1. The topological polar surface area (TPSA) is 72.6 Å². The second-order valence-electron chi connectivity index (χ2n) is 4.46. The largest absolute Gasteiger partial charge is 0.484 e. The number of ether oxygens (including phenoxy) is 1. The van der Waals surface area contributed by atoms with E-state index in [9.17, 15) is 9.59 Å². The second-order valence-corrected chi connectivity index (χ2v) is 4.46. The number of carbonyl (C=O) groups is 2. The van der Waals surface area contributed by atoms with Gasteiger partial charge in [0.1, 0.15) is 5.75 Å². The molecule has 6 heteroatoms. The Kier molecular flexibility index (Phi) is 7.87. The Morgan fingerprint density at radius 1 is 1.40 bits per heavy atom. The van der Waals surface area contributed by atoms with Crippen molar-refractivity contribution in [1.82, 2.24) is 4.90 Å². The summed E-state index contributed by atoms with van der Waals surface area (Å²) in [7, 11) is 1.69. The molecule has 0 spiro atoms. The smallest absolute Gasteiger partial charge is 0.260 e. The van der Waals surface area contributed by atoms with Crippen molar-refractivity contribution >= 4 is 24.1 Å². The van der Waals surface area contributed by atoms with Crippen molar-refractivity contribution in [1.29, 1.82) is 0 Å². The van der Waals surface area contributed by atoms with Crippen LogP contribution in [0, 0.1) is 0 Å². The van der Waals surface area contributed by atoms with Crippen molar-refractivity contribution < 1.29 is 14.3 Å². The summed E-state index contributed by atoms with van der Waals surface area (Å²) in [5.41, 5.74) is 6.06. The Bertz CT molecular complexity index is 465. The summed E-state index contributed by atoms with van der Waals surface area (Å²) in [6.45, 7) is 3.69. The molecule has 1 unspecified atom stereocenters. The number of hydrogen-bond donors (Lipinski definition) is 1. The number of rotatable bonds is 6. The van der Waals surface area contributed by atoms with Gasteiger partial charge in [0.15, 0.2) is 12.4 Å². The molecule has 1 atom stereocenters. The average Bonchev–Trinajstić information content (AvgIpc) is 2.43. The van der Waals surface area contributed by atoms with Crippen LogP contribution in [0.2, 0.25) is 0 Å². The predicted octanol–water partition coefficient (Wildman–Crippen LogP) is 1.50. The third-order valence-electron chi connectivity index (χ3n) is 3.00. The van der Waals surface area contributed by atoms with Gasteiger partial charge >= 0.3 is 0 Å². The lowest BCUT2D eigenvalue weighted by molar-refractivity contribution is -0.133. The van der Waals surface area contributed by atoms with E-state index in [2.05, 4.69) is 0 Å². The lowest BCUT2D eigenvalue weighted by Gasteiger charge is -2.23. The fourth-order valence-electron chi connectivity index (χ4n) is 1.46. The summed E-state index contributed by atoms with van der Waals surface area (Å²) in [5, 5.41) is 0. The van der Waals surface area contributed by atoms with E-state index in [0.717, 1.165) is 0 Å². The van der Waals surface area contributed by atoms with Crippen molar-refractivity contribution in [3.05, 3.63) is 29.8 Å². The Balaban J connectivity index is 0.00000361. The molecule has 1 amide bonds. The van der Waals surface area contributed by atoms with Gasteiger partial charge in [-0.15, -0.1) is 12.4 Å². The van der Waals surface area contributed by atoms with Gasteiger partial charge in [-0.05, 0) is 26.0 Å². The van der Waals surface area contributed by atoms with Crippen LogP contribution in [0.5, 0.6) is 5.75 Å². The van der Waals surface area contributed by atoms with Gasteiger partial charge in [0.05, 0.1) is 0 Å². The number of benzene rings is 1. The fraction of sp³-hybridized carbons (Fsp3) is 0.429. The quantitative estimate of drug-likeness (QED) is 0.808. The Morgan fingerprint density at radius 3 is 2.60 bits per heavy atom. The molecule has 0 saturated heterocycles. The van der Waals surface area contributed by atoms with Crippen LogP contribution in [-0.2, 0) is 4.79 Å². The molecule has 1 aromatic rings. The van der Waals surface area contributed by atoms with Crippen LogP contribution >= 0.6 is 12.4 Å². The predicted molar refractivity (Wildman–Crippen MR) is 80.5 cm³/mol. The van der Waals surface area contributed by atoms with E-state index < -0.39 is 0 Å². The highest BCUT2D eigenvalue weighted by atomic mass is 35.5. The summed E-state index contributed by atoms with van der Waals surface area (Å²) in [5.74, 6) is 0.326. The minimum atomic E-state index is -0.147. The first-order valence-corrected chi connectivity index (χ1v) is 6.15. The van der Waals surface area contributed by atoms with E-state index in [1.165, 1.54) is 6.92 Å². The van der Waals surface area contributed by atoms with E-state index in [-0.39, 0.29) is 36.7 Å². The molecular formula is C14H21ClN2O3. The molecule has 2 N–H and O–H groups in total. The summed E-state index contributed by atoms with van der Waals surface area (Å²) in [6, 6.07) is 6.75. The van der Waals surface area contributed by atoms with Crippen molar-refractivity contribution in [2.24, 2.45) is 5.73 Å². The van der Waals surface area contributed by atoms with Gasteiger partial charge in [-0.2, -0.15) is 0 Å². The molecule has 112 valence electrons. The lowest BCUT2D eigenvalue weighted by atomic mass is 10.1. The number of carbonyl (C=O) groups excluding carboxylic acids is 2. The first-order valence-electron chi connectivity index (χ1n) is 6.15. The number of likely N-dealkylation sites (N-methyl/N-ethyl adjacent to an activating group) is 1. The van der Waals surface area contributed by atoms with Gasteiger partial charge in [0, 0.05) is 25.2 Å². The molecule has 5 nitrogen and oxygen atoms in total. The average molecular weight is 301 g/mol. The number of amides is 1. The van der Waals surface area contributed by atoms with Crippen LogP contribution in [0.25, 0.3) is 0 Å². The maximum atomic E-state index is 11.8. The summed E-state index contributed by atoms with van der Waals surface area (Å²) < 4.78 is 5.39. The monoisotopic (exact) mass is 300 g/mol. The van der Waals surface area contributed by atoms with Crippen LogP contribution in [0.1, 0.15) is 24.2 Å². The van der Waals surface area contributed by atoms with Crippen LogP contribution < -0.4 is 10.5 Å². The minimum Gasteiger partial charge on any atom is -0.484 e. The third kappa shape index (κ3) is 5.19. The van der Waals surface area contributed by atoms with Gasteiger partial charge < -0.3 is 15.4 Å². The zero-order valence-corrected chi connectivity index (χ0v) is 12.8. The first-order chi connectivity index (χ1) is 8.95. The third-order valence-corrected chi connectivity index (χ3v) is 3.00. The van der Waals surface area contributed by atoms with Crippen molar-refractivity contribution in [3.63, 3.8) is 0 Å². The van der Waals surface area contributed by atoms with Gasteiger partial charge in [-0.25, -0.2) is 0 Å². The highest BCUT2D eigenvalue weighted by molar-refractivity contribution is 5.94. The maximum absolute atomic E-state index is 11.8. The SMILES string of the molecule is CC(=O)c1cccc(OCC(=O)N(C)C(C)CN)c1.Cl. The molecule has 0 fully saturated rings. The van der Waals surface area contributed by atoms with E-state index in [1.54, 1.807) is 36.2 Å². The number of hydrogen-bond acceptors (Lipinski definition) is 4. The minimum absolute atomic E-state index is 0. The second kappa shape index (κ2) is 8.55. The Morgan fingerprint density at radius 2 is 2.05 bits per heavy atom. The highest BCUT2D eigenvalue weighted by Crippen LogP contribution is 2.13. The molecule has 0 heterocycles. The molecule has 0 aliphatic rings. The van der Waals surface area contributed by atoms with Gasteiger partial charge in [0.25, 0.3) is 5.91 Å². The number of ketones is 1. The molecular weight excluding hydrogens is 280 g/mol. The Hall–Kier alpha value is -1.59. The van der Waals surface area contributed by atoms with Crippen LogP contribution in [-0.4, -0.2) is 42.8 Å². The van der Waals surface area contributed by atoms with Crippen molar-refractivity contribution in [3.8, 4) is 5.75 Å². The highest BCUT2D eigenvalue weighted by Gasteiger charge is 2.14. The summed E-state index contributed by atoms with van der Waals surface area (Å²) >= 11 is 0. The number of nitrogens with zero attached hydrogens (tertiary/aromatic N) is 1. The molecule has 0 bridgehead atoms. The van der Waals surface area contributed by atoms with Gasteiger partial charge in [-0.1, -0.05) is 12.1 Å². The van der Waals surface area contributed by atoms with Crippen LogP contribution in [0.15, 0.2) is 24.3 Å². The van der Waals surface area contributed by atoms with E-state index >= 15 is 0 Å². The summed E-state index contributed by atoms with van der Waals surface area (Å²) in [6.07, 6.45) is 0. The van der Waals surface area contributed by atoms with Crippen molar-refractivity contribution in [2.75, 3.05) is 20.2 Å². The van der Waals surface area contributed by atoms with E-state index in [4.69, 9.17) is 10.5 Å². The van der Waals surface area contributed by atoms with E-state index in [1.807, 2.05) is 6.92 Å². The molecule has 0 radical (unpaired) electrons. The fourth-order valence-corrected chi connectivity index (χ4v) is 1.46. The zero-order valence-electron chi connectivity index (χ0n) is 12.0. The van der Waals surface area contributed by atoms with Crippen LogP contribution in [0.3, 0.4) is 0 Å². The summed E-state index contributed by atoms with van der Waals surface area (Å²) in [4.78, 5) is 24.6. The first kappa shape index (κ1) is 18.4. The molecule has 0 saturated carbocycles. The van der Waals surface area contributed by atoms with Gasteiger partial charge in [-0.3, -0.25) is 9.59 Å². The standard InChI is InChI=1S/C14H20N2O3.ClH/c1-10(8-15)16(3)14(18)9-19-13-6-4-5-12(7-13)11(2)17;/h4-7,10H,8-9,15H2,1-3H3;1H. The Labute approximate surface area is 125 Å². The zero-order chi connectivity index (χ0) is 14.4. The van der Waals surface area contributed by atoms with Crippen LogP contribution in [0.4, 0.5) is 0 Å². The molecule has 0 aliphatic heterocycles. The number of Topliss-reactive ketones (excluding diaryl/α,β-unsaturated/α-hetero) is 1. The molecule has 1 aromatic carbocycles. The molecule has 20 heavy (non-hydrogen) atoms. The molecule has 0 aromatic heterocycles. The van der Waals surface area contributed by atoms with E-state index in [0.29, 0.717) is 17.9 Å². The van der Waals surface area contributed by atoms with Crippen molar-refractivity contribution in [2.45, 2.75) is 19.9 Å².